The Morgan fingerprint density at radius 2 is 1.96 bits per heavy atom. The third-order valence-electron chi connectivity index (χ3n) is 2.95. The fourth-order valence-electron chi connectivity index (χ4n) is 1.90. The number of nitrogens with two attached hydrogens (primary N) is 1. The molecule has 0 radical (unpaired) electrons. The highest BCUT2D eigenvalue weighted by Crippen LogP contribution is 2.34. The van der Waals surface area contributed by atoms with Gasteiger partial charge in [0, 0.05) is 24.1 Å². The zero-order valence-electron chi connectivity index (χ0n) is 12.7. The van der Waals surface area contributed by atoms with Gasteiger partial charge in [-0.05, 0) is 6.92 Å². The molecule has 2 aromatic rings. The summed E-state index contributed by atoms with van der Waals surface area (Å²) in [5.74, 6) is -3.68. The molecule has 1 heterocycles. The maximum Gasteiger partial charge on any atom is 0.245 e. The van der Waals surface area contributed by atoms with E-state index in [4.69, 9.17) is 10.5 Å². The summed E-state index contributed by atoms with van der Waals surface area (Å²) in [5.41, 5.74) is 5.13. The van der Waals surface area contributed by atoms with Gasteiger partial charge in [0.1, 0.15) is 23.5 Å². The lowest BCUT2D eigenvalue weighted by Crippen LogP contribution is -2.39. The number of thiazole rings is 1. The van der Waals surface area contributed by atoms with Gasteiger partial charge in [0.2, 0.25) is 5.91 Å². The summed E-state index contributed by atoms with van der Waals surface area (Å²) in [6.07, 6.45) is 0. The van der Waals surface area contributed by atoms with Gasteiger partial charge in [-0.15, -0.1) is 23.7 Å². The summed E-state index contributed by atoms with van der Waals surface area (Å²) in [6.45, 7) is 1.60. The lowest BCUT2D eigenvalue weighted by molar-refractivity contribution is -0.118. The van der Waals surface area contributed by atoms with Crippen LogP contribution in [-0.4, -0.2) is 30.6 Å². The molecule has 10 heteroatoms. The van der Waals surface area contributed by atoms with E-state index in [0.29, 0.717) is 17.0 Å². The van der Waals surface area contributed by atoms with Crippen LogP contribution < -0.4 is 11.1 Å². The Kier molecular flexibility index (Phi) is 7.15. The number of carbonyl (C=O) groups is 1. The van der Waals surface area contributed by atoms with Crippen molar-refractivity contribution in [1.82, 2.24) is 4.98 Å². The second-order valence-electron chi connectivity index (χ2n) is 4.72. The van der Waals surface area contributed by atoms with Crippen LogP contribution >= 0.6 is 23.7 Å². The third-order valence-corrected chi connectivity index (χ3v) is 3.84. The molecule has 132 valence electrons. The highest BCUT2D eigenvalue weighted by Gasteiger charge is 2.21. The number of amides is 1. The minimum Gasteiger partial charge on any atom is -0.383 e. The quantitative estimate of drug-likeness (QED) is 0.835. The van der Waals surface area contributed by atoms with Gasteiger partial charge >= 0.3 is 0 Å². The summed E-state index contributed by atoms with van der Waals surface area (Å²) in [6, 6.07) is 0.250. The number of nitrogens with one attached hydrogen (secondary N) is 1. The van der Waals surface area contributed by atoms with E-state index < -0.39 is 35.0 Å². The van der Waals surface area contributed by atoms with Crippen LogP contribution in [0.5, 0.6) is 0 Å². The SMILES string of the molecule is COCC(N)C(=O)Nc1nc(-c2c(F)cc(F)cc2F)c(C)s1.Cl. The first kappa shape index (κ1) is 20.4. The number of aryl methyl sites for hydroxylation is 1. The van der Waals surface area contributed by atoms with Crippen molar-refractivity contribution in [1.29, 1.82) is 0 Å². The van der Waals surface area contributed by atoms with Gasteiger partial charge in [-0.3, -0.25) is 4.79 Å². The van der Waals surface area contributed by atoms with Crippen LogP contribution in [-0.2, 0) is 9.53 Å². The van der Waals surface area contributed by atoms with E-state index >= 15 is 0 Å². The summed E-state index contributed by atoms with van der Waals surface area (Å²) in [5, 5.41) is 2.59. The average Bonchev–Trinajstić information content (AvgIpc) is 2.78. The zero-order valence-corrected chi connectivity index (χ0v) is 14.4. The lowest BCUT2D eigenvalue weighted by atomic mass is 10.1. The van der Waals surface area contributed by atoms with Crippen molar-refractivity contribution < 1.29 is 22.7 Å². The van der Waals surface area contributed by atoms with Crippen molar-refractivity contribution in [3.8, 4) is 11.3 Å². The highest BCUT2D eigenvalue weighted by molar-refractivity contribution is 7.16. The lowest BCUT2D eigenvalue weighted by Gasteiger charge is -2.08. The summed E-state index contributed by atoms with van der Waals surface area (Å²) < 4.78 is 45.4. The molecule has 5 nitrogen and oxygen atoms in total. The van der Waals surface area contributed by atoms with Gasteiger partial charge in [-0.25, -0.2) is 18.2 Å². The Morgan fingerprint density at radius 3 is 2.50 bits per heavy atom. The molecule has 3 N–H and O–H groups in total. The number of methoxy groups -OCH3 is 1. The first-order valence-corrected chi connectivity index (χ1v) is 7.32. The van der Waals surface area contributed by atoms with Crippen LogP contribution in [0.3, 0.4) is 0 Å². The maximum absolute atomic E-state index is 13.8. The van der Waals surface area contributed by atoms with Crippen LogP contribution in [0.4, 0.5) is 18.3 Å². The average molecular weight is 382 g/mol. The Balaban J connectivity index is 0.00000288. The fourth-order valence-corrected chi connectivity index (χ4v) is 2.73. The van der Waals surface area contributed by atoms with E-state index in [1.807, 2.05) is 0 Å². The molecule has 0 spiro atoms. The number of carbonyl (C=O) groups excluding carboxylic acids is 1. The van der Waals surface area contributed by atoms with Gasteiger partial charge in [0.25, 0.3) is 0 Å². The van der Waals surface area contributed by atoms with E-state index in [9.17, 15) is 18.0 Å². The third kappa shape index (κ3) is 4.44. The number of benzene rings is 1. The molecule has 0 aliphatic rings. The van der Waals surface area contributed by atoms with E-state index in [2.05, 4.69) is 10.3 Å². The smallest absolute Gasteiger partial charge is 0.245 e. The van der Waals surface area contributed by atoms with Crippen LogP contribution in [0, 0.1) is 24.4 Å². The van der Waals surface area contributed by atoms with Crippen molar-refractivity contribution >= 4 is 34.8 Å². The van der Waals surface area contributed by atoms with E-state index in [1.165, 1.54) is 7.11 Å². The van der Waals surface area contributed by atoms with Gasteiger partial charge in [-0.1, -0.05) is 0 Å². The second kappa shape index (κ2) is 8.43. The minimum absolute atomic E-state index is 0. The largest absolute Gasteiger partial charge is 0.383 e. The van der Waals surface area contributed by atoms with Crippen molar-refractivity contribution in [3.05, 3.63) is 34.5 Å². The normalized spacial score (nSPS) is 11.8. The van der Waals surface area contributed by atoms with Crippen LogP contribution in [0.25, 0.3) is 11.3 Å². The molecule has 1 atom stereocenters. The number of hydrogen-bond acceptors (Lipinski definition) is 5. The number of halogens is 4. The summed E-state index contributed by atoms with van der Waals surface area (Å²) in [7, 11) is 1.40. The monoisotopic (exact) mass is 381 g/mol. The maximum atomic E-state index is 13.8. The fraction of sp³-hybridized carbons (Fsp3) is 0.286. The number of ether oxygens (including phenoxy) is 1. The first-order valence-electron chi connectivity index (χ1n) is 6.51. The predicted molar refractivity (Wildman–Crippen MR) is 87.9 cm³/mol. The molecule has 0 bridgehead atoms. The van der Waals surface area contributed by atoms with Crippen LogP contribution in [0.1, 0.15) is 4.88 Å². The number of aromatic nitrogens is 1. The van der Waals surface area contributed by atoms with E-state index in [-0.39, 0.29) is 29.8 Å². The molecule has 2 rings (SSSR count). The Labute approximate surface area is 146 Å². The molecule has 1 amide bonds. The molecule has 0 saturated heterocycles. The number of rotatable bonds is 5. The van der Waals surface area contributed by atoms with Crippen LogP contribution in [0.15, 0.2) is 12.1 Å². The Morgan fingerprint density at radius 1 is 1.38 bits per heavy atom. The molecule has 24 heavy (non-hydrogen) atoms. The molecular weight excluding hydrogens is 367 g/mol. The molecule has 0 saturated carbocycles. The van der Waals surface area contributed by atoms with Gasteiger partial charge in [0.15, 0.2) is 5.13 Å². The number of hydrogen-bond donors (Lipinski definition) is 2. The van der Waals surface area contributed by atoms with E-state index in [0.717, 1.165) is 11.3 Å². The van der Waals surface area contributed by atoms with Crippen molar-refractivity contribution in [2.75, 3.05) is 19.0 Å². The topological polar surface area (TPSA) is 77.2 Å². The number of anilines is 1. The predicted octanol–water partition coefficient (Wildman–Crippen LogP) is 2.87. The van der Waals surface area contributed by atoms with Crippen molar-refractivity contribution in [2.45, 2.75) is 13.0 Å². The highest BCUT2D eigenvalue weighted by atomic mass is 35.5. The van der Waals surface area contributed by atoms with Crippen molar-refractivity contribution in [2.24, 2.45) is 5.73 Å². The summed E-state index contributed by atoms with van der Waals surface area (Å²) >= 11 is 1.03. The molecule has 0 fully saturated rings. The van der Waals surface area contributed by atoms with Gasteiger partial charge in [-0.2, -0.15) is 0 Å². The standard InChI is InChI=1S/C14H14F3N3O2S.ClH/c1-6-12(11-8(16)3-7(15)4-9(11)17)19-14(23-6)20-13(21)10(18)5-22-2;/h3-4,10H,5,18H2,1-2H3,(H,19,20,21);1H. The first-order chi connectivity index (χ1) is 10.8. The molecule has 1 unspecified atom stereocenters. The van der Waals surface area contributed by atoms with E-state index in [1.54, 1.807) is 6.92 Å². The zero-order chi connectivity index (χ0) is 17.1. The minimum atomic E-state index is -1.06. The molecule has 1 aromatic heterocycles. The Hall–Kier alpha value is -1.68. The molecule has 0 aliphatic carbocycles. The second-order valence-corrected chi connectivity index (χ2v) is 5.92. The van der Waals surface area contributed by atoms with Crippen molar-refractivity contribution in [3.63, 3.8) is 0 Å². The van der Waals surface area contributed by atoms with Gasteiger partial charge < -0.3 is 15.8 Å². The molecular formula is C14H15ClF3N3O2S. The molecule has 0 aliphatic heterocycles. The molecule has 1 aromatic carbocycles. The number of nitrogens with zero attached hydrogens (tertiary/aromatic N) is 1. The Bertz CT molecular complexity index is 719. The summed E-state index contributed by atoms with van der Waals surface area (Å²) in [4.78, 5) is 16.3. The van der Waals surface area contributed by atoms with Gasteiger partial charge in [0.05, 0.1) is 17.9 Å². The van der Waals surface area contributed by atoms with Crippen LogP contribution in [0.2, 0.25) is 0 Å².